The number of aromatic nitrogens is 1. The van der Waals surface area contributed by atoms with Gasteiger partial charge < -0.3 is 10.1 Å². The number of rotatable bonds is 5. The molecule has 3 rings (SSSR count). The second-order valence-corrected chi connectivity index (χ2v) is 7.24. The Hall–Kier alpha value is -1.37. The number of benzene rings is 1. The second kappa shape index (κ2) is 7.95. The largest absolute Gasteiger partial charge is 0.376 e. The molecule has 6 heteroatoms. The van der Waals surface area contributed by atoms with E-state index in [1.165, 1.54) is 11.8 Å². The van der Waals surface area contributed by atoms with E-state index in [0.29, 0.717) is 12.1 Å². The summed E-state index contributed by atoms with van der Waals surface area (Å²) in [6, 6.07) is 11.4. The summed E-state index contributed by atoms with van der Waals surface area (Å²) in [5.41, 5.74) is 0.667. The molecule has 1 atom stereocenters. The lowest BCUT2D eigenvalue weighted by Crippen LogP contribution is -2.32. The van der Waals surface area contributed by atoms with Crippen molar-refractivity contribution in [2.24, 2.45) is 0 Å². The summed E-state index contributed by atoms with van der Waals surface area (Å²) < 4.78 is 6.48. The first-order chi connectivity index (χ1) is 11.2. The molecule has 0 radical (unpaired) electrons. The monoisotopic (exact) mass is 392 g/mol. The predicted molar refractivity (Wildman–Crippen MR) is 93.8 cm³/mol. The van der Waals surface area contributed by atoms with Crippen molar-refractivity contribution >= 4 is 33.6 Å². The molecule has 120 valence electrons. The molecule has 1 fully saturated rings. The molecule has 1 saturated heterocycles. The molecule has 1 unspecified atom stereocenters. The van der Waals surface area contributed by atoms with Crippen molar-refractivity contribution < 1.29 is 9.53 Å². The standard InChI is InChI=1S/C17H17BrN2O2S/c18-12-7-8-16(19-10-12)23-15-6-2-1-5-14(15)17(21)20-11-13-4-3-9-22-13/h1-2,5-8,10,13H,3-4,9,11H2,(H,20,21). The van der Waals surface area contributed by atoms with Crippen molar-refractivity contribution in [2.45, 2.75) is 28.9 Å². The van der Waals surface area contributed by atoms with E-state index in [-0.39, 0.29) is 12.0 Å². The van der Waals surface area contributed by atoms with Gasteiger partial charge in [0.25, 0.3) is 5.91 Å². The zero-order valence-electron chi connectivity index (χ0n) is 12.5. The van der Waals surface area contributed by atoms with E-state index in [1.54, 1.807) is 6.20 Å². The van der Waals surface area contributed by atoms with Crippen molar-refractivity contribution in [3.05, 3.63) is 52.6 Å². The van der Waals surface area contributed by atoms with Crippen molar-refractivity contribution in [1.82, 2.24) is 10.3 Å². The van der Waals surface area contributed by atoms with E-state index in [0.717, 1.165) is 33.8 Å². The highest BCUT2D eigenvalue weighted by Crippen LogP contribution is 2.29. The lowest BCUT2D eigenvalue weighted by molar-refractivity contribution is 0.0855. The van der Waals surface area contributed by atoms with Crippen LogP contribution in [0, 0.1) is 0 Å². The molecule has 1 N–H and O–H groups in total. The molecule has 0 bridgehead atoms. The minimum Gasteiger partial charge on any atom is -0.376 e. The third-order valence-corrected chi connectivity index (χ3v) is 5.06. The van der Waals surface area contributed by atoms with Gasteiger partial charge in [-0.1, -0.05) is 23.9 Å². The quantitative estimate of drug-likeness (QED) is 0.837. The summed E-state index contributed by atoms with van der Waals surface area (Å²) in [4.78, 5) is 17.7. The Kier molecular flexibility index (Phi) is 5.70. The Bertz CT molecular complexity index is 673. The molecule has 1 aliphatic rings. The predicted octanol–water partition coefficient (Wildman–Crippen LogP) is 3.90. The number of nitrogens with zero attached hydrogens (tertiary/aromatic N) is 1. The highest BCUT2D eigenvalue weighted by molar-refractivity contribution is 9.10. The third-order valence-electron chi connectivity index (χ3n) is 3.56. The summed E-state index contributed by atoms with van der Waals surface area (Å²) >= 11 is 4.86. The summed E-state index contributed by atoms with van der Waals surface area (Å²) in [5, 5.41) is 3.83. The van der Waals surface area contributed by atoms with Gasteiger partial charge in [0, 0.05) is 28.7 Å². The summed E-state index contributed by atoms with van der Waals surface area (Å²) in [7, 11) is 0. The van der Waals surface area contributed by atoms with Crippen LogP contribution in [0.5, 0.6) is 0 Å². The number of nitrogens with one attached hydrogen (secondary N) is 1. The number of hydrogen-bond acceptors (Lipinski definition) is 4. The minimum atomic E-state index is -0.0688. The Labute approximate surface area is 148 Å². The average Bonchev–Trinajstić information content (AvgIpc) is 3.09. The van der Waals surface area contributed by atoms with Gasteiger partial charge in [-0.25, -0.2) is 4.98 Å². The van der Waals surface area contributed by atoms with Crippen LogP contribution in [0.2, 0.25) is 0 Å². The van der Waals surface area contributed by atoms with Crippen molar-refractivity contribution in [3.63, 3.8) is 0 Å². The van der Waals surface area contributed by atoms with Gasteiger partial charge in [0.2, 0.25) is 0 Å². The first-order valence-electron chi connectivity index (χ1n) is 7.50. The number of pyridine rings is 1. The Morgan fingerprint density at radius 3 is 2.96 bits per heavy atom. The molecular weight excluding hydrogens is 376 g/mol. The van der Waals surface area contributed by atoms with Gasteiger partial charge in [0.15, 0.2) is 0 Å². The first-order valence-corrected chi connectivity index (χ1v) is 9.11. The first kappa shape index (κ1) is 16.5. The molecule has 1 amide bonds. The summed E-state index contributed by atoms with van der Waals surface area (Å²) in [6.07, 6.45) is 3.98. The van der Waals surface area contributed by atoms with Crippen LogP contribution in [0.4, 0.5) is 0 Å². The van der Waals surface area contributed by atoms with Crippen LogP contribution in [-0.2, 0) is 4.74 Å². The van der Waals surface area contributed by atoms with Gasteiger partial charge in [-0.05, 0) is 53.0 Å². The number of carbonyl (C=O) groups excluding carboxylic acids is 1. The van der Waals surface area contributed by atoms with Crippen LogP contribution in [-0.4, -0.2) is 30.1 Å². The highest BCUT2D eigenvalue weighted by Gasteiger charge is 2.18. The molecule has 0 saturated carbocycles. The van der Waals surface area contributed by atoms with Crippen LogP contribution in [0.3, 0.4) is 0 Å². The molecule has 1 aliphatic heterocycles. The minimum absolute atomic E-state index is 0.0688. The van der Waals surface area contributed by atoms with Crippen molar-refractivity contribution in [1.29, 1.82) is 0 Å². The number of hydrogen-bond donors (Lipinski definition) is 1. The van der Waals surface area contributed by atoms with Crippen molar-refractivity contribution in [3.8, 4) is 0 Å². The SMILES string of the molecule is O=C(NCC1CCCO1)c1ccccc1Sc1ccc(Br)cn1. The van der Waals surface area contributed by atoms with Crippen LogP contribution >= 0.6 is 27.7 Å². The van der Waals surface area contributed by atoms with Gasteiger partial charge in [-0.15, -0.1) is 0 Å². The zero-order chi connectivity index (χ0) is 16.1. The zero-order valence-corrected chi connectivity index (χ0v) is 14.9. The average molecular weight is 393 g/mol. The maximum atomic E-state index is 12.5. The van der Waals surface area contributed by atoms with Gasteiger partial charge >= 0.3 is 0 Å². The molecule has 1 aromatic heterocycles. The lowest BCUT2D eigenvalue weighted by Gasteiger charge is -2.12. The maximum Gasteiger partial charge on any atom is 0.252 e. The molecule has 0 aliphatic carbocycles. The van der Waals surface area contributed by atoms with E-state index in [1.807, 2.05) is 36.4 Å². The van der Waals surface area contributed by atoms with Gasteiger partial charge in [-0.3, -0.25) is 4.79 Å². The van der Waals surface area contributed by atoms with Crippen molar-refractivity contribution in [2.75, 3.05) is 13.2 Å². The molecule has 2 heterocycles. The fourth-order valence-electron chi connectivity index (χ4n) is 2.39. The number of amides is 1. The number of ether oxygens (including phenoxy) is 1. The second-order valence-electron chi connectivity index (χ2n) is 5.26. The maximum absolute atomic E-state index is 12.5. The van der Waals surface area contributed by atoms with Crippen LogP contribution < -0.4 is 5.32 Å². The molecule has 1 aromatic carbocycles. The summed E-state index contributed by atoms with van der Waals surface area (Å²) in [6.45, 7) is 1.36. The van der Waals surface area contributed by atoms with Gasteiger partial charge in [0.1, 0.15) is 5.03 Å². The number of halogens is 1. The lowest BCUT2D eigenvalue weighted by atomic mass is 10.2. The van der Waals surface area contributed by atoms with Crippen LogP contribution in [0.15, 0.2) is 57.0 Å². The van der Waals surface area contributed by atoms with Gasteiger partial charge in [0.05, 0.1) is 11.7 Å². The molecule has 0 spiro atoms. The smallest absolute Gasteiger partial charge is 0.252 e. The molecule has 4 nitrogen and oxygen atoms in total. The van der Waals surface area contributed by atoms with E-state index >= 15 is 0 Å². The molecule has 23 heavy (non-hydrogen) atoms. The fraction of sp³-hybridized carbons (Fsp3) is 0.294. The van der Waals surface area contributed by atoms with Gasteiger partial charge in [-0.2, -0.15) is 0 Å². The summed E-state index contributed by atoms with van der Waals surface area (Å²) in [5.74, 6) is -0.0688. The molecule has 2 aromatic rings. The normalized spacial score (nSPS) is 17.2. The van der Waals surface area contributed by atoms with E-state index in [9.17, 15) is 4.79 Å². The Morgan fingerprint density at radius 1 is 1.35 bits per heavy atom. The van der Waals surface area contributed by atoms with E-state index in [4.69, 9.17) is 4.74 Å². The van der Waals surface area contributed by atoms with Crippen LogP contribution in [0.1, 0.15) is 23.2 Å². The number of carbonyl (C=O) groups is 1. The van der Waals surface area contributed by atoms with E-state index in [2.05, 4.69) is 26.2 Å². The topological polar surface area (TPSA) is 51.2 Å². The van der Waals surface area contributed by atoms with Crippen LogP contribution in [0.25, 0.3) is 0 Å². The van der Waals surface area contributed by atoms with E-state index < -0.39 is 0 Å². The molecular formula is C17H17BrN2O2S. The fourth-order valence-corrected chi connectivity index (χ4v) is 3.50. The Morgan fingerprint density at radius 2 is 2.22 bits per heavy atom. The third kappa shape index (κ3) is 4.56. The Balaban J connectivity index is 1.69. The highest BCUT2D eigenvalue weighted by atomic mass is 79.9.